The van der Waals surface area contributed by atoms with Gasteiger partial charge in [-0.25, -0.2) is 0 Å². The molecular weight excluding hydrogens is 268 g/mol. The molecule has 0 saturated carbocycles. The molecule has 1 aliphatic heterocycles. The normalized spacial score (nSPS) is 17.8. The largest absolute Gasteiger partial charge is 0.459 e. The highest BCUT2D eigenvalue weighted by atomic mass is 16.5. The Hall–Kier alpha value is -2.14. The third-order valence-electron chi connectivity index (χ3n) is 3.55. The SMILES string of the molecule is O=C(c1ccco1)N(Cc1ccccn1)CC1CCCO1. The van der Waals surface area contributed by atoms with Gasteiger partial charge in [0.25, 0.3) is 5.91 Å². The zero-order valence-corrected chi connectivity index (χ0v) is 11.8. The van der Waals surface area contributed by atoms with Crippen LogP contribution >= 0.6 is 0 Å². The summed E-state index contributed by atoms with van der Waals surface area (Å²) in [5, 5.41) is 0. The van der Waals surface area contributed by atoms with Crippen LogP contribution in [0.5, 0.6) is 0 Å². The first kappa shape index (κ1) is 13.8. The molecular formula is C16H18N2O3. The predicted octanol–water partition coefficient (Wildman–Crippen LogP) is 2.50. The van der Waals surface area contributed by atoms with E-state index in [1.807, 2.05) is 18.2 Å². The summed E-state index contributed by atoms with van der Waals surface area (Å²) in [5.74, 6) is 0.227. The number of carbonyl (C=O) groups is 1. The van der Waals surface area contributed by atoms with E-state index in [2.05, 4.69) is 4.98 Å². The fourth-order valence-corrected chi connectivity index (χ4v) is 2.50. The fourth-order valence-electron chi connectivity index (χ4n) is 2.50. The standard InChI is InChI=1S/C16H18N2O3/c19-16(15-7-4-10-21-15)18(12-14-6-3-9-20-14)11-13-5-1-2-8-17-13/h1-2,4-5,7-8,10,14H,3,6,9,11-12H2. The van der Waals surface area contributed by atoms with Crippen LogP contribution in [0.1, 0.15) is 29.1 Å². The summed E-state index contributed by atoms with van der Waals surface area (Å²) in [6, 6.07) is 9.10. The number of hydrogen-bond donors (Lipinski definition) is 0. The van der Waals surface area contributed by atoms with E-state index < -0.39 is 0 Å². The molecule has 2 aromatic heterocycles. The van der Waals surface area contributed by atoms with Gasteiger partial charge in [0.2, 0.25) is 0 Å². The lowest BCUT2D eigenvalue weighted by molar-refractivity contribution is 0.0481. The molecule has 21 heavy (non-hydrogen) atoms. The van der Waals surface area contributed by atoms with Crippen LogP contribution in [-0.2, 0) is 11.3 Å². The van der Waals surface area contributed by atoms with Gasteiger partial charge in [0.15, 0.2) is 5.76 Å². The van der Waals surface area contributed by atoms with E-state index in [1.54, 1.807) is 23.2 Å². The van der Waals surface area contributed by atoms with Crippen molar-refractivity contribution in [2.45, 2.75) is 25.5 Å². The third kappa shape index (κ3) is 3.49. The lowest BCUT2D eigenvalue weighted by Crippen LogP contribution is -2.37. The molecule has 1 aliphatic rings. The van der Waals surface area contributed by atoms with Gasteiger partial charge in [0.1, 0.15) is 0 Å². The van der Waals surface area contributed by atoms with Gasteiger partial charge in [0.05, 0.1) is 24.6 Å². The Labute approximate surface area is 123 Å². The Kier molecular flexibility index (Phi) is 4.31. The Balaban J connectivity index is 1.75. The Morgan fingerprint density at radius 1 is 1.33 bits per heavy atom. The molecule has 3 rings (SSSR count). The number of hydrogen-bond acceptors (Lipinski definition) is 4. The highest BCUT2D eigenvalue weighted by Gasteiger charge is 2.25. The summed E-state index contributed by atoms with van der Waals surface area (Å²) < 4.78 is 10.9. The molecule has 5 nitrogen and oxygen atoms in total. The van der Waals surface area contributed by atoms with Crippen molar-refractivity contribution in [1.29, 1.82) is 0 Å². The van der Waals surface area contributed by atoms with Crippen LogP contribution in [0.3, 0.4) is 0 Å². The second kappa shape index (κ2) is 6.54. The van der Waals surface area contributed by atoms with Crippen LogP contribution in [0.4, 0.5) is 0 Å². The van der Waals surface area contributed by atoms with Crippen molar-refractivity contribution in [1.82, 2.24) is 9.88 Å². The minimum atomic E-state index is -0.124. The smallest absolute Gasteiger partial charge is 0.289 e. The van der Waals surface area contributed by atoms with Crippen LogP contribution in [0.2, 0.25) is 0 Å². The van der Waals surface area contributed by atoms with Gasteiger partial charge in [-0.2, -0.15) is 0 Å². The van der Waals surface area contributed by atoms with Gasteiger partial charge >= 0.3 is 0 Å². The number of pyridine rings is 1. The molecule has 1 fully saturated rings. The van der Waals surface area contributed by atoms with Gasteiger partial charge < -0.3 is 14.1 Å². The molecule has 0 aromatic carbocycles. The van der Waals surface area contributed by atoms with Crippen molar-refractivity contribution in [2.24, 2.45) is 0 Å². The van der Waals surface area contributed by atoms with Crippen molar-refractivity contribution in [3.05, 3.63) is 54.2 Å². The first-order valence-electron chi connectivity index (χ1n) is 7.17. The molecule has 3 heterocycles. The van der Waals surface area contributed by atoms with E-state index in [1.165, 1.54) is 6.26 Å². The molecule has 110 valence electrons. The molecule has 1 unspecified atom stereocenters. The van der Waals surface area contributed by atoms with Crippen molar-refractivity contribution in [2.75, 3.05) is 13.2 Å². The van der Waals surface area contributed by atoms with Gasteiger partial charge in [-0.05, 0) is 37.1 Å². The first-order valence-corrected chi connectivity index (χ1v) is 7.17. The zero-order valence-electron chi connectivity index (χ0n) is 11.8. The quantitative estimate of drug-likeness (QED) is 0.847. The van der Waals surface area contributed by atoms with Gasteiger partial charge in [-0.3, -0.25) is 9.78 Å². The number of furan rings is 1. The van der Waals surface area contributed by atoms with Crippen LogP contribution in [0.15, 0.2) is 47.2 Å². The summed E-state index contributed by atoms with van der Waals surface area (Å²) in [6.07, 6.45) is 5.39. The highest BCUT2D eigenvalue weighted by molar-refractivity contribution is 5.91. The van der Waals surface area contributed by atoms with Crippen LogP contribution in [0.25, 0.3) is 0 Å². The maximum Gasteiger partial charge on any atom is 0.289 e. The summed E-state index contributed by atoms with van der Waals surface area (Å²) >= 11 is 0. The van der Waals surface area contributed by atoms with Crippen LogP contribution in [0, 0.1) is 0 Å². The van der Waals surface area contributed by atoms with Crippen molar-refractivity contribution < 1.29 is 13.9 Å². The molecule has 1 atom stereocenters. The van der Waals surface area contributed by atoms with E-state index in [-0.39, 0.29) is 12.0 Å². The molecule has 5 heteroatoms. The van der Waals surface area contributed by atoms with E-state index in [0.717, 1.165) is 25.1 Å². The number of rotatable bonds is 5. The zero-order chi connectivity index (χ0) is 14.5. The number of carbonyl (C=O) groups excluding carboxylic acids is 1. The maximum absolute atomic E-state index is 12.5. The van der Waals surface area contributed by atoms with Crippen LogP contribution in [-0.4, -0.2) is 35.0 Å². The molecule has 2 aromatic rings. The summed E-state index contributed by atoms with van der Waals surface area (Å²) in [5.41, 5.74) is 0.857. The number of nitrogens with zero attached hydrogens (tertiary/aromatic N) is 2. The number of ether oxygens (including phenoxy) is 1. The van der Waals surface area contributed by atoms with Crippen molar-refractivity contribution >= 4 is 5.91 Å². The topological polar surface area (TPSA) is 55.6 Å². The highest BCUT2D eigenvalue weighted by Crippen LogP contribution is 2.17. The van der Waals surface area contributed by atoms with E-state index in [0.29, 0.717) is 18.8 Å². The molecule has 0 radical (unpaired) electrons. The second-order valence-electron chi connectivity index (χ2n) is 5.12. The first-order chi connectivity index (χ1) is 10.3. The van der Waals surface area contributed by atoms with E-state index in [9.17, 15) is 4.79 Å². The second-order valence-corrected chi connectivity index (χ2v) is 5.12. The summed E-state index contributed by atoms with van der Waals surface area (Å²) in [4.78, 5) is 18.6. The number of amides is 1. The van der Waals surface area contributed by atoms with Crippen LogP contribution < -0.4 is 0 Å². The minimum Gasteiger partial charge on any atom is -0.459 e. The van der Waals surface area contributed by atoms with Gasteiger partial charge in [-0.15, -0.1) is 0 Å². The Morgan fingerprint density at radius 3 is 2.95 bits per heavy atom. The van der Waals surface area contributed by atoms with Crippen molar-refractivity contribution in [3.8, 4) is 0 Å². The van der Waals surface area contributed by atoms with Crippen molar-refractivity contribution in [3.63, 3.8) is 0 Å². The molecule has 1 amide bonds. The Morgan fingerprint density at radius 2 is 2.29 bits per heavy atom. The maximum atomic E-state index is 12.5. The fraction of sp³-hybridized carbons (Fsp3) is 0.375. The van der Waals surface area contributed by atoms with E-state index >= 15 is 0 Å². The summed E-state index contributed by atoms with van der Waals surface area (Å²) in [7, 11) is 0. The van der Waals surface area contributed by atoms with Gasteiger partial charge in [0, 0.05) is 19.3 Å². The molecule has 0 aliphatic carbocycles. The lowest BCUT2D eigenvalue weighted by Gasteiger charge is -2.24. The monoisotopic (exact) mass is 286 g/mol. The number of aromatic nitrogens is 1. The molecule has 0 spiro atoms. The third-order valence-corrected chi connectivity index (χ3v) is 3.55. The molecule has 0 bridgehead atoms. The molecule has 1 saturated heterocycles. The van der Waals surface area contributed by atoms with Gasteiger partial charge in [-0.1, -0.05) is 6.07 Å². The minimum absolute atomic E-state index is 0.104. The summed E-state index contributed by atoms with van der Waals surface area (Å²) in [6.45, 7) is 1.80. The average Bonchev–Trinajstić information content (AvgIpc) is 3.20. The average molecular weight is 286 g/mol. The lowest BCUT2D eigenvalue weighted by atomic mass is 10.2. The molecule has 0 N–H and O–H groups in total. The van der Waals surface area contributed by atoms with E-state index in [4.69, 9.17) is 9.15 Å². The Bertz CT molecular complexity index is 562. The predicted molar refractivity (Wildman–Crippen MR) is 76.7 cm³/mol.